The Morgan fingerprint density at radius 2 is 2.00 bits per heavy atom. The van der Waals surface area contributed by atoms with E-state index in [1.165, 1.54) is 24.3 Å². The molecule has 2 aromatic heterocycles. The van der Waals surface area contributed by atoms with Crippen molar-refractivity contribution in [1.82, 2.24) is 29.8 Å². The number of benzene rings is 2. The van der Waals surface area contributed by atoms with Crippen molar-refractivity contribution in [1.29, 1.82) is 0 Å². The van der Waals surface area contributed by atoms with Gasteiger partial charge in [0.1, 0.15) is 35.4 Å². The third kappa shape index (κ3) is 3.27. The van der Waals surface area contributed by atoms with Gasteiger partial charge in [0, 0.05) is 11.6 Å². The molecule has 0 saturated heterocycles. The lowest BCUT2D eigenvalue weighted by Crippen LogP contribution is -2.44. The first-order chi connectivity index (χ1) is 13.9. The summed E-state index contributed by atoms with van der Waals surface area (Å²) < 4.78 is 30.4. The molecule has 4 rings (SSSR count). The van der Waals surface area contributed by atoms with E-state index in [9.17, 15) is 18.7 Å². The van der Waals surface area contributed by atoms with E-state index in [-0.39, 0.29) is 12.1 Å². The van der Waals surface area contributed by atoms with Gasteiger partial charge in [0.2, 0.25) is 0 Å². The average Bonchev–Trinajstić information content (AvgIpc) is 3.20. The molecular formula is C19H16F2N6O2. The molecule has 8 nitrogen and oxygen atoms in total. The van der Waals surface area contributed by atoms with Gasteiger partial charge >= 0.3 is 0 Å². The molecule has 10 heteroatoms. The molecule has 148 valence electrons. The highest BCUT2D eigenvalue weighted by Gasteiger charge is 2.41. The molecular weight excluding hydrogens is 382 g/mol. The predicted octanol–water partition coefficient (Wildman–Crippen LogP) is 1.81. The zero-order chi connectivity index (χ0) is 20.6. The van der Waals surface area contributed by atoms with Crippen LogP contribution >= 0.6 is 0 Å². The van der Waals surface area contributed by atoms with Crippen molar-refractivity contribution in [3.05, 3.63) is 82.7 Å². The Hall–Kier alpha value is -3.53. The second-order valence-electron chi connectivity index (χ2n) is 6.67. The first-order valence-electron chi connectivity index (χ1n) is 8.75. The molecule has 2 aromatic carbocycles. The van der Waals surface area contributed by atoms with E-state index in [2.05, 4.69) is 20.4 Å². The Bertz CT molecular complexity index is 1230. The summed E-state index contributed by atoms with van der Waals surface area (Å²) in [6.45, 7) is 1.25. The molecule has 29 heavy (non-hydrogen) atoms. The highest BCUT2D eigenvalue weighted by molar-refractivity contribution is 5.76. The lowest BCUT2D eigenvalue weighted by Gasteiger charge is -2.34. The zero-order valence-corrected chi connectivity index (χ0v) is 15.3. The predicted molar refractivity (Wildman–Crippen MR) is 98.8 cm³/mol. The van der Waals surface area contributed by atoms with Gasteiger partial charge in [-0.1, -0.05) is 23.4 Å². The first-order valence-corrected chi connectivity index (χ1v) is 8.75. The van der Waals surface area contributed by atoms with Gasteiger partial charge in [0.05, 0.1) is 18.0 Å². The fraction of sp³-hybridized carbons (Fsp3) is 0.211. The molecule has 0 aliphatic rings. The quantitative estimate of drug-likeness (QED) is 0.551. The molecule has 2 atom stereocenters. The van der Waals surface area contributed by atoms with Crippen LogP contribution in [-0.2, 0) is 12.1 Å². The molecule has 0 aliphatic carbocycles. The summed E-state index contributed by atoms with van der Waals surface area (Å²) in [6, 6.07) is 8.40. The van der Waals surface area contributed by atoms with Crippen LogP contribution in [0.5, 0.6) is 0 Å². The molecule has 2 heterocycles. The van der Waals surface area contributed by atoms with Crippen molar-refractivity contribution in [2.24, 2.45) is 0 Å². The summed E-state index contributed by atoms with van der Waals surface area (Å²) in [6.07, 6.45) is 2.60. The molecule has 2 unspecified atom stereocenters. The van der Waals surface area contributed by atoms with Crippen molar-refractivity contribution < 1.29 is 13.9 Å². The van der Waals surface area contributed by atoms with Gasteiger partial charge in [-0.05, 0) is 25.1 Å². The Balaban J connectivity index is 1.89. The SMILES string of the molecule is CC(n1nnc2ccccc2c1=O)C(O)(Cn1cncn1)c1ccc(F)cc1F. The maximum Gasteiger partial charge on any atom is 0.277 e. The molecule has 0 bridgehead atoms. The first kappa shape index (κ1) is 18.8. The standard InChI is InChI=1S/C19H16F2N6O2/c1-12(27-18(28)14-4-2-3-5-17(14)24-25-27)19(29,9-26-11-22-10-23-26)15-7-6-13(20)8-16(15)21/h2-8,10-12,29H,9H2,1H3. The summed E-state index contributed by atoms with van der Waals surface area (Å²) in [5.74, 6) is -1.74. The molecule has 0 radical (unpaired) electrons. The van der Waals surface area contributed by atoms with Crippen molar-refractivity contribution in [2.75, 3.05) is 0 Å². The van der Waals surface area contributed by atoms with Crippen LogP contribution in [0.15, 0.2) is 59.9 Å². The van der Waals surface area contributed by atoms with E-state index in [1.807, 2.05) is 0 Å². The summed E-state index contributed by atoms with van der Waals surface area (Å²) in [5, 5.41) is 23.8. The van der Waals surface area contributed by atoms with Gasteiger partial charge in [-0.2, -0.15) is 5.10 Å². The van der Waals surface area contributed by atoms with Crippen LogP contribution in [0.4, 0.5) is 8.78 Å². The van der Waals surface area contributed by atoms with Gasteiger partial charge in [-0.15, -0.1) is 5.10 Å². The summed E-state index contributed by atoms with van der Waals surface area (Å²) in [7, 11) is 0. The molecule has 0 fully saturated rings. The number of rotatable bonds is 5. The van der Waals surface area contributed by atoms with E-state index in [1.54, 1.807) is 24.3 Å². The van der Waals surface area contributed by atoms with Crippen molar-refractivity contribution >= 4 is 10.9 Å². The van der Waals surface area contributed by atoms with E-state index in [0.29, 0.717) is 17.0 Å². The maximum atomic E-state index is 14.6. The van der Waals surface area contributed by atoms with Crippen LogP contribution in [-0.4, -0.2) is 34.9 Å². The van der Waals surface area contributed by atoms with Crippen LogP contribution in [0, 0.1) is 11.6 Å². The number of nitrogens with zero attached hydrogens (tertiary/aromatic N) is 6. The minimum absolute atomic E-state index is 0.205. The van der Waals surface area contributed by atoms with E-state index >= 15 is 0 Å². The number of halogens is 2. The topological polar surface area (TPSA) is 98.7 Å². The fourth-order valence-electron chi connectivity index (χ4n) is 3.30. The molecule has 0 spiro atoms. The molecule has 0 saturated carbocycles. The van der Waals surface area contributed by atoms with Crippen LogP contribution < -0.4 is 5.56 Å². The third-order valence-electron chi connectivity index (χ3n) is 4.92. The lowest BCUT2D eigenvalue weighted by molar-refractivity contribution is -0.0390. The van der Waals surface area contributed by atoms with E-state index in [4.69, 9.17) is 0 Å². The van der Waals surface area contributed by atoms with Crippen LogP contribution in [0.25, 0.3) is 10.9 Å². The van der Waals surface area contributed by atoms with Gasteiger partial charge in [-0.3, -0.25) is 4.79 Å². The summed E-state index contributed by atoms with van der Waals surface area (Å²) in [5.41, 5.74) is -2.31. The third-order valence-corrected chi connectivity index (χ3v) is 4.92. The van der Waals surface area contributed by atoms with Crippen LogP contribution in [0.1, 0.15) is 18.5 Å². The highest BCUT2D eigenvalue weighted by Crippen LogP contribution is 2.35. The van der Waals surface area contributed by atoms with Crippen molar-refractivity contribution in [3.8, 4) is 0 Å². The zero-order valence-electron chi connectivity index (χ0n) is 15.3. The number of aliphatic hydroxyl groups is 1. The number of hydrogen-bond acceptors (Lipinski definition) is 6. The normalized spacial score (nSPS) is 14.6. The molecule has 4 aromatic rings. The fourth-order valence-corrected chi connectivity index (χ4v) is 3.30. The average molecular weight is 398 g/mol. The second kappa shape index (κ2) is 7.13. The molecule has 0 aliphatic heterocycles. The Kier molecular flexibility index (Phi) is 4.63. The minimum atomic E-state index is -2.01. The minimum Gasteiger partial charge on any atom is -0.381 e. The Morgan fingerprint density at radius 3 is 2.72 bits per heavy atom. The molecule has 1 N–H and O–H groups in total. The van der Waals surface area contributed by atoms with E-state index < -0.39 is 28.8 Å². The Labute approximate surface area is 163 Å². The second-order valence-corrected chi connectivity index (χ2v) is 6.67. The largest absolute Gasteiger partial charge is 0.381 e. The summed E-state index contributed by atoms with van der Waals surface area (Å²) >= 11 is 0. The monoisotopic (exact) mass is 398 g/mol. The van der Waals surface area contributed by atoms with Crippen molar-refractivity contribution in [2.45, 2.75) is 25.1 Å². The number of fused-ring (bicyclic) bond motifs is 1. The maximum absolute atomic E-state index is 14.6. The summed E-state index contributed by atoms with van der Waals surface area (Å²) in [4.78, 5) is 16.8. The van der Waals surface area contributed by atoms with E-state index in [0.717, 1.165) is 16.8 Å². The number of hydrogen-bond donors (Lipinski definition) is 1. The smallest absolute Gasteiger partial charge is 0.277 e. The van der Waals surface area contributed by atoms with Gasteiger partial charge in [-0.25, -0.2) is 23.1 Å². The van der Waals surface area contributed by atoms with Crippen molar-refractivity contribution in [3.63, 3.8) is 0 Å². The van der Waals surface area contributed by atoms with Crippen LogP contribution in [0.2, 0.25) is 0 Å². The van der Waals surface area contributed by atoms with Crippen LogP contribution in [0.3, 0.4) is 0 Å². The lowest BCUT2D eigenvalue weighted by atomic mass is 9.86. The highest BCUT2D eigenvalue weighted by atomic mass is 19.1. The Morgan fingerprint density at radius 1 is 1.21 bits per heavy atom. The van der Waals surface area contributed by atoms with Gasteiger partial charge < -0.3 is 5.11 Å². The van der Waals surface area contributed by atoms with Gasteiger partial charge in [0.15, 0.2) is 0 Å². The number of aromatic nitrogens is 6. The van der Waals surface area contributed by atoms with Gasteiger partial charge in [0.25, 0.3) is 5.56 Å². The molecule has 0 amide bonds.